The number of nitrogens with one attached hydrogen (secondary N) is 1. The van der Waals surface area contributed by atoms with Gasteiger partial charge in [0.25, 0.3) is 0 Å². The molecule has 52 heavy (non-hydrogen) atoms. The molecule has 3 atom stereocenters. The van der Waals surface area contributed by atoms with Crippen LogP contribution in [0.5, 0.6) is 0 Å². The van der Waals surface area contributed by atoms with E-state index in [1.807, 2.05) is 12.2 Å². The predicted octanol–water partition coefficient (Wildman–Crippen LogP) is 12.6. The zero-order valence-corrected chi connectivity index (χ0v) is 34.4. The number of hydrogen-bond acceptors (Lipinski definition) is 5. The highest BCUT2D eigenvalue weighted by molar-refractivity contribution is 5.77. The molecule has 6 nitrogen and oxygen atoms in total. The van der Waals surface area contributed by atoms with Gasteiger partial charge in [0.1, 0.15) is 6.10 Å². The highest BCUT2D eigenvalue weighted by atomic mass is 16.5. The Morgan fingerprint density at radius 2 is 1.04 bits per heavy atom. The number of amides is 1. The Hall–Kier alpha value is -1.92. The van der Waals surface area contributed by atoms with E-state index in [-0.39, 0.29) is 24.9 Å². The summed E-state index contributed by atoms with van der Waals surface area (Å²) in [5.41, 5.74) is 0. The van der Waals surface area contributed by atoms with E-state index in [9.17, 15) is 19.8 Å². The Labute approximate surface area is 322 Å². The molecule has 0 aliphatic carbocycles. The molecule has 0 saturated carbocycles. The molecule has 0 aromatic carbocycles. The summed E-state index contributed by atoms with van der Waals surface area (Å²) in [6, 6.07) is -0.707. The van der Waals surface area contributed by atoms with Crippen LogP contribution in [-0.4, -0.2) is 46.9 Å². The fourth-order valence-corrected chi connectivity index (χ4v) is 6.66. The third-order valence-corrected chi connectivity index (χ3v) is 10.0. The zero-order valence-electron chi connectivity index (χ0n) is 34.4. The Bertz CT molecular complexity index is 869. The van der Waals surface area contributed by atoms with Gasteiger partial charge < -0.3 is 20.3 Å². The molecule has 304 valence electrons. The highest BCUT2D eigenvalue weighted by Gasteiger charge is 2.24. The van der Waals surface area contributed by atoms with Crippen molar-refractivity contribution in [3.8, 4) is 0 Å². The Balaban J connectivity index is 4.63. The fourth-order valence-electron chi connectivity index (χ4n) is 6.66. The molecule has 0 spiro atoms. The molecule has 1 amide bonds. The number of esters is 1. The van der Waals surface area contributed by atoms with Crippen molar-refractivity contribution in [1.82, 2.24) is 5.32 Å². The van der Waals surface area contributed by atoms with E-state index in [1.54, 1.807) is 0 Å². The van der Waals surface area contributed by atoms with Crippen LogP contribution in [0.1, 0.15) is 220 Å². The van der Waals surface area contributed by atoms with Crippen LogP contribution < -0.4 is 5.32 Å². The Morgan fingerprint density at radius 3 is 1.56 bits per heavy atom. The quantitative estimate of drug-likeness (QED) is 0.0332. The van der Waals surface area contributed by atoms with Gasteiger partial charge in [0.2, 0.25) is 5.91 Å². The van der Waals surface area contributed by atoms with Crippen LogP contribution in [0, 0.1) is 0 Å². The van der Waals surface area contributed by atoms with E-state index in [0.29, 0.717) is 19.3 Å². The average Bonchev–Trinajstić information content (AvgIpc) is 3.13. The lowest BCUT2D eigenvalue weighted by atomic mass is 10.0. The lowest BCUT2D eigenvalue weighted by molar-refractivity contribution is -0.151. The van der Waals surface area contributed by atoms with Gasteiger partial charge in [-0.2, -0.15) is 0 Å². The van der Waals surface area contributed by atoms with Crippen molar-refractivity contribution in [3.63, 3.8) is 0 Å². The first-order valence-electron chi connectivity index (χ1n) is 22.2. The second kappa shape index (κ2) is 40.3. The summed E-state index contributed by atoms with van der Waals surface area (Å²) in [5, 5.41) is 23.6. The molecule has 0 saturated heterocycles. The predicted molar refractivity (Wildman–Crippen MR) is 222 cm³/mol. The third kappa shape index (κ3) is 35.1. The second-order valence-electron chi connectivity index (χ2n) is 15.1. The van der Waals surface area contributed by atoms with Crippen molar-refractivity contribution in [2.75, 3.05) is 6.61 Å². The van der Waals surface area contributed by atoms with E-state index >= 15 is 0 Å². The monoisotopic (exact) mass is 732 g/mol. The summed E-state index contributed by atoms with van der Waals surface area (Å²) in [6.45, 7) is 6.31. The molecule has 0 aliphatic heterocycles. The molecule has 6 heteroatoms. The standard InChI is InChI=1S/C46H85NO5/c1-4-7-10-13-16-19-22-24-27-30-33-36-39-46(51)52-42(37-34-31-28-25-23-20-17-14-11-8-5-2)40-45(50)47-43(41-48)44(49)38-35-32-29-26-21-18-15-12-9-6-3/h8,11,14,17,20,23,42-44,48-49H,4-7,9-10,12-13,15-16,18-19,21-22,24-41H2,1-3H3,(H,47,50)/b11-8+,17-14+,23-20-. The van der Waals surface area contributed by atoms with Crippen LogP contribution in [0.4, 0.5) is 0 Å². The first kappa shape index (κ1) is 50.1. The van der Waals surface area contributed by atoms with Gasteiger partial charge in [-0.15, -0.1) is 0 Å². The maximum absolute atomic E-state index is 13.1. The first-order chi connectivity index (χ1) is 25.5. The van der Waals surface area contributed by atoms with Crippen molar-refractivity contribution < 1.29 is 24.5 Å². The zero-order chi connectivity index (χ0) is 38.2. The molecule has 0 fully saturated rings. The fraction of sp³-hybridized carbons (Fsp3) is 0.826. The van der Waals surface area contributed by atoms with Crippen LogP contribution in [0.2, 0.25) is 0 Å². The van der Waals surface area contributed by atoms with Crippen LogP contribution in [0.25, 0.3) is 0 Å². The topological polar surface area (TPSA) is 95.9 Å². The maximum Gasteiger partial charge on any atom is 0.306 e. The molecular formula is C46H85NO5. The van der Waals surface area contributed by atoms with E-state index in [0.717, 1.165) is 70.6 Å². The van der Waals surface area contributed by atoms with Crippen LogP contribution in [0.15, 0.2) is 36.5 Å². The Morgan fingerprint density at radius 1 is 0.577 bits per heavy atom. The van der Waals surface area contributed by atoms with Crippen molar-refractivity contribution in [2.24, 2.45) is 0 Å². The molecular weight excluding hydrogens is 647 g/mol. The number of carbonyl (C=O) groups is 2. The first-order valence-corrected chi connectivity index (χ1v) is 22.2. The minimum atomic E-state index is -0.791. The summed E-state index contributed by atoms with van der Waals surface area (Å²) in [5.74, 6) is -0.507. The number of ether oxygens (including phenoxy) is 1. The van der Waals surface area contributed by atoms with Gasteiger partial charge >= 0.3 is 5.97 Å². The Kier molecular flexibility index (Phi) is 38.8. The average molecular weight is 732 g/mol. The summed E-state index contributed by atoms with van der Waals surface area (Å²) < 4.78 is 5.87. The van der Waals surface area contributed by atoms with Crippen molar-refractivity contribution >= 4 is 11.9 Å². The number of hydrogen-bond donors (Lipinski definition) is 3. The van der Waals surface area contributed by atoms with Gasteiger partial charge in [-0.05, 0) is 44.9 Å². The minimum Gasteiger partial charge on any atom is -0.462 e. The van der Waals surface area contributed by atoms with Gasteiger partial charge in [-0.25, -0.2) is 0 Å². The lowest BCUT2D eigenvalue weighted by Gasteiger charge is -2.24. The SMILES string of the molecule is CC/C=C/C=C/C=C\CCCCCC(CC(=O)NC(CO)C(O)CCCCCCCCCCCC)OC(=O)CCCCCCCCCCCCCC. The van der Waals surface area contributed by atoms with Crippen LogP contribution in [-0.2, 0) is 14.3 Å². The van der Waals surface area contributed by atoms with Crippen LogP contribution >= 0.6 is 0 Å². The number of carbonyl (C=O) groups excluding carboxylic acids is 2. The molecule has 0 aliphatic rings. The van der Waals surface area contributed by atoms with Gasteiger partial charge in [0.05, 0.1) is 25.2 Å². The molecule has 0 bridgehead atoms. The van der Waals surface area contributed by atoms with Gasteiger partial charge in [0.15, 0.2) is 0 Å². The molecule has 0 heterocycles. The molecule has 3 N–H and O–H groups in total. The number of rotatable bonds is 39. The van der Waals surface area contributed by atoms with Crippen molar-refractivity contribution in [1.29, 1.82) is 0 Å². The van der Waals surface area contributed by atoms with Gasteiger partial charge in [-0.1, -0.05) is 198 Å². The van der Waals surface area contributed by atoms with Gasteiger partial charge in [-0.3, -0.25) is 9.59 Å². The number of aliphatic hydroxyl groups is 2. The number of allylic oxidation sites excluding steroid dienone is 6. The van der Waals surface area contributed by atoms with Crippen LogP contribution in [0.3, 0.4) is 0 Å². The minimum absolute atomic E-state index is 0.0572. The van der Waals surface area contributed by atoms with E-state index in [4.69, 9.17) is 4.74 Å². The summed E-state index contributed by atoms with van der Waals surface area (Å²) >= 11 is 0. The van der Waals surface area contributed by atoms with E-state index in [1.165, 1.54) is 103 Å². The maximum atomic E-state index is 13.1. The summed E-state index contributed by atoms with van der Waals surface area (Å²) in [7, 11) is 0. The largest absolute Gasteiger partial charge is 0.462 e. The van der Waals surface area contributed by atoms with Crippen molar-refractivity contribution in [3.05, 3.63) is 36.5 Å². The number of aliphatic hydroxyl groups excluding tert-OH is 2. The molecule has 0 aromatic heterocycles. The molecule has 0 rings (SSSR count). The highest BCUT2D eigenvalue weighted by Crippen LogP contribution is 2.17. The number of unbranched alkanes of at least 4 members (excludes halogenated alkanes) is 23. The molecule has 3 unspecified atom stereocenters. The van der Waals surface area contributed by atoms with E-state index < -0.39 is 18.2 Å². The molecule has 0 aromatic rings. The normalized spacial score (nSPS) is 13.7. The van der Waals surface area contributed by atoms with E-state index in [2.05, 4.69) is 50.4 Å². The third-order valence-electron chi connectivity index (χ3n) is 10.0. The lowest BCUT2D eigenvalue weighted by Crippen LogP contribution is -2.46. The summed E-state index contributed by atoms with van der Waals surface area (Å²) in [6.07, 6.45) is 44.9. The van der Waals surface area contributed by atoms with Crippen molar-refractivity contribution in [2.45, 2.75) is 238 Å². The van der Waals surface area contributed by atoms with Gasteiger partial charge in [0, 0.05) is 6.42 Å². The molecule has 0 radical (unpaired) electrons. The summed E-state index contributed by atoms with van der Waals surface area (Å²) in [4.78, 5) is 25.9. The second-order valence-corrected chi connectivity index (χ2v) is 15.1. The smallest absolute Gasteiger partial charge is 0.306 e.